The van der Waals surface area contributed by atoms with Crippen molar-refractivity contribution in [2.24, 2.45) is 34.5 Å². The maximum absolute atomic E-state index is 7.05. The van der Waals surface area contributed by atoms with Gasteiger partial charge in [0, 0.05) is 5.38 Å². The van der Waals surface area contributed by atoms with E-state index in [0.29, 0.717) is 16.2 Å². The average Bonchev–Trinajstić information content (AvgIpc) is 2.84. The van der Waals surface area contributed by atoms with Crippen molar-refractivity contribution in [3.8, 4) is 0 Å². The van der Waals surface area contributed by atoms with Crippen LogP contribution in [-0.4, -0.2) is 5.38 Å². The molecule has 22 heavy (non-hydrogen) atoms. The molecule has 0 bridgehead atoms. The molecule has 0 nitrogen and oxygen atoms in total. The summed E-state index contributed by atoms with van der Waals surface area (Å²) in [5.74, 6) is 3.51. The van der Waals surface area contributed by atoms with Gasteiger partial charge in [-0.2, -0.15) is 0 Å². The fraction of sp³-hybridized carbons (Fsp3) is 0.905. The fourth-order valence-corrected chi connectivity index (χ4v) is 7.96. The summed E-state index contributed by atoms with van der Waals surface area (Å²) in [4.78, 5) is 0. The first-order chi connectivity index (χ1) is 10.5. The van der Waals surface area contributed by atoms with Gasteiger partial charge in [-0.3, -0.25) is 0 Å². The van der Waals surface area contributed by atoms with Gasteiger partial charge >= 0.3 is 0 Å². The van der Waals surface area contributed by atoms with E-state index in [4.69, 9.17) is 11.6 Å². The van der Waals surface area contributed by atoms with Gasteiger partial charge in [0.2, 0.25) is 0 Å². The summed E-state index contributed by atoms with van der Waals surface area (Å²) in [6.07, 6.45) is 15.0. The maximum Gasteiger partial charge on any atom is 0.0407 e. The molecule has 3 fully saturated rings. The van der Waals surface area contributed by atoms with Crippen LogP contribution in [0, 0.1) is 34.5 Å². The van der Waals surface area contributed by atoms with E-state index in [1.54, 1.807) is 5.57 Å². The third kappa shape index (κ3) is 1.95. The van der Waals surface area contributed by atoms with E-state index in [1.807, 2.05) is 0 Å². The second-order valence-corrected chi connectivity index (χ2v) is 9.84. The summed E-state index contributed by atoms with van der Waals surface area (Å²) < 4.78 is 0. The largest absolute Gasteiger partial charge is 0.122 e. The molecule has 4 aliphatic rings. The van der Waals surface area contributed by atoms with Crippen LogP contribution < -0.4 is 0 Å². The van der Waals surface area contributed by atoms with Gasteiger partial charge in [0.05, 0.1) is 0 Å². The molecule has 124 valence electrons. The van der Waals surface area contributed by atoms with E-state index in [0.717, 1.165) is 23.7 Å². The highest BCUT2D eigenvalue weighted by atomic mass is 35.5. The third-order valence-electron chi connectivity index (χ3n) is 8.70. The van der Waals surface area contributed by atoms with E-state index >= 15 is 0 Å². The van der Waals surface area contributed by atoms with Crippen molar-refractivity contribution >= 4 is 11.6 Å². The number of hydrogen-bond acceptors (Lipinski definition) is 0. The zero-order chi connectivity index (χ0) is 15.5. The van der Waals surface area contributed by atoms with Crippen LogP contribution in [0.25, 0.3) is 0 Å². The molecule has 4 aliphatic carbocycles. The summed E-state index contributed by atoms with van der Waals surface area (Å²) in [6, 6.07) is 0. The SMILES string of the molecule is CC[C@H]1CC[C@H]2[C@@H]3[C@H](Cl)CC4=CCCC[C@]4(C)[C@H]3CC[C@]12C. The predicted molar refractivity (Wildman–Crippen MR) is 95.1 cm³/mol. The second-order valence-electron chi connectivity index (χ2n) is 9.28. The van der Waals surface area contributed by atoms with Gasteiger partial charge in [0.25, 0.3) is 0 Å². The van der Waals surface area contributed by atoms with Crippen molar-refractivity contribution in [2.75, 3.05) is 0 Å². The first kappa shape index (κ1) is 15.6. The Morgan fingerprint density at radius 3 is 2.73 bits per heavy atom. The molecule has 7 atom stereocenters. The fourth-order valence-electron chi connectivity index (χ4n) is 7.45. The van der Waals surface area contributed by atoms with Gasteiger partial charge in [-0.1, -0.05) is 38.8 Å². The van der Waals surface area contributed by atoms with Gasteiger partial charge in [0.1, 0.15) is 0 Å². The Kier molecular flexibility index (Phi) is 3.72. The lowest BCUT2D eigenvalue weighted by molar-refractivity contribution is -0.0492. The van der Waals surface area contributed by atoms with Gasteiger partial charge in [0.15, 0.2) is 0 Å². The number of fused-ring (bicyclic) bond motifs is 5. The Morgan fingerprint density at radius 2 is 1.95 bits per heavy atom. The van der Waals surface area contributed by atoms with E-state index in [1.165, 1.54) is 57.8 Å². The molecule has 0 unspecified atom stereocenters. The molecular weight excluding hydrogens is 288 g/mol. The number of rotatable bonds is 1. The van der Waals surface area contributed by atoms with Crippen molar-refractivity contribution in [3.05, 3.63) is 11.6 Å². The van der Waals surface area contributed by atoms with E-state index in [9.17, 15) is 0 Å². The third-order valence-corrected chi connectivity index (χ3v) is 9.14. The van der Waals surface area contributed by atoms with Crippen LogP contribution in [-0.2, 0) is 0 Å². The minimum Gasteiger partial charge on any atom is -0.122 e. The minimum absolute atomic E-state index is 0.405. The van der Waals surface area contributed by atoms with Crippen molar-refractivity contribution in [1.82, 2.24) is 0 Å². The predicted octanol–water partition coefficient (Wildman–Crippen LogP) is 6.58. The number of alkyl halides is 1. The molecule has 0 saturated heterocycles. The van der Waals surface area contributed by atoms with Crippen LogP contribution in [0.2, 0.25) is 0 Å². The Balaban J connectivity index is 1.71. The Bertz CT molecular complexity index is 480. The summed E-state index contributed by atoms with van der Waals surface area (Å²) in [6.45, 7) is 7.62. The van der Waals surface area contributed by atoms with Gasteiger partial charge < -0.3 is 0 Å². The molecule has 0 spiro atoms. The van der Waals surface area contributed by atoms with Crippen LogP contribution in [0.4, 0.5) is 0 Å². The van der Waals surface area contributed by atoms with Crippen molar-refractivity contribution in [2.45, 2.75) is 83.9 Å². The molecule has 0 aromatic heterocycles. The molecule has 0 heterocycles. The first-order valence-electron chi connectivity index (χ1n) is 9.84. The van der Waals surface area contributed by atoms with Crippen molar-refractivity contribution in [1.29, 1.82) is 0 Å². The lowest BCUT2D eigenvalue weighted by Crippen LogP contribution is -2.53. The average molecular weight is 321 g/mol. The topological polar surface area (TPSA) is 0 Å². The molecule has 4 rings (SSSR count). The van der Waals surface area contributed by atoms with Crippen molar-refractivity contribution in [3.63, 3.8) is 0 Å². The summed E-state index contributed by atoms with van der Waals surface area (Å²) in [7, 11) is 0. The van der Waals surface area contributed by atoms with Gasteiger partial charge in [-0.05, 0) is 85.9 Å². The van der Waals surface area contributed by atoms with E-state index < -0.39 is 0 Å². The second kappa shape index (κ2) is 5.27. The standard InChI is InChI=1S/C21H33Cl/c1-4-14-8-9-16-19-17(10-12-21(14,16)3)20(2)11-6-5-7-15(20)13-18(19)22/h7,14,16-19H,4-6,8-13H2,1-3H3/t14-,16-,17-,18+,19-,20-,21+/m0/s1. The number of hydrogen-bond donors (Lipinski definition) is 0. The van der Waals surface area contributed by atoms with Crippen molar-refractivity contribution < 1.29 is 0 Å². The minimum atomic E-state index is 0.405. The Labute approximate surface area is 142 Å². The zero-order valence-electron chi connectivity index (χ0n) is 14.7. The summed E-state index contributed by atoms with van der Waals surface area (Å²) in [5.41, 5.74) is 2.81. The highest BCUT2D eigenvalue weighted by molar-refractivity contribution is 6.21. The normalized spacial score (nSPS) is 54.2. The molecule has 0 N–H and O–H groups in total. The smallest absolute Gasteiger partial charge is 0.0407 e. The molecule has 0 radical (unpaired) electrons. The van der Waals surface area contributed by atoms with Crippen LogP contribution in [0.3, 0.4) is 0 Å². The highest BCUT2D eigenvalue weighted by Gasteiger charge is 2.60. The van der Waals surface area contributed by atoms with Gasteiger partial charge in [-0.15, -0.1) is 11.6 Å². The van der Waals surface area contributed by atoms with Crippen LogP contribution in [0.1, 0.15) is 78.6 Å². The van der Waals surface area contributed by atoms with Crippen LogP contribution in [0.15, 0.2) is 11.6 Å². The monoisotopic (exact) mass is 320 g/mol. The lowest BCUT2D eigenvalue weighted by atomic mass is 9.46. The molecule has 0 aromatic rings. The van der Waals surface area contributed by atoms with E-state index in [2.05, 4.69) is 26.8 Å². The summed E-state index contributed by atoms with van der Waals surface area (Å²) >= 11 is 7.05. The number of halogens is 1. The number of allylic oxidation sites excluding steroid dienone is 2. The Morgan fingerprint density at radius 1 is 1.14 bits per heavy atom. The van der Waals surface area contributed by atoms with Gasteiger partial charge in [-0.25, -0.2) is 0 Å². The molecule has 0 amide bonds. The highest BCUT2D eigenvalue weighted by Crippen LogP contribution is 2.67. The quantitative estimate of drug-likeness (QED) is 0.378. The zero-order valence-corrected chi connectivity index (χ0v) is 15.5. The molecule has 0 aliphatic heterocycles. The Hall–Kier alpha value is 0.0300. The molecule has 1 heteroatoms. The lowest BCUT2D eigenvalue weighted by Gasteiger charge is -2.59. The van der Waals surface area contributed by atoms with E-state index in [-0.39, 0.29) is 0 Å². The first-order valence-corrected chi connectivity index (χ1v) is 10.3. The molecule has 3 saturated carbocycles. The van der Waals surface area contributed by atoms with Crippen LogP contribution >= 0.6 is 11.6 Å². The van der Waals surface area contributed by atoms with Crippen LogP contribution in [0.5, 0.6) is 0 Å². The maximum atomic E-state index is 7.05. The summed E-state index contributed by atoms with van der Waals surface area (Å²) in [5, 5.41) is 0.405. The molecule has 0 aromatic carbocycles. The molecular formula is C21H33Cl.